The van der Waals surface area contributed by atoms with E-state index in [1.807, 2.05) is 19.1 Å². The van der Waals surface area contributed by atoms with Crippen molar-refractivity contribution >= 4 is 40.0 Å². The highest BCUT2D eigenvalue weighted by Gasteiger charge is 2.46. The van der Waals surface area contributed by atoms with E-state index < -0.39 is 5.82 Å². The van der Waals surface area contributed by atoms with E-state index in [2.05, 4.69) is 35.6 Å². The van der Waals surface area contributed by atoms with Crippen molar-refractivity contribution in [3.05, 3.63) is 76.5 Å². The number of nitrogens with one attached hydrogen (secondary N) is 2. The monoisotopic (exact) mass is 477 g/mol. The predicted molar refractivity (Wildman–Crippen MR) is 127 cm³/mol. The minimum absolute atomic E-state index is 0.0197. The molecule has 3 heterocycles. The number of fused-ring (bicyclic) bond motifs is 1. The van der Waals surface area contributed by atoms with Crippen LogP contribution in [0.25, 0.3) is 10.9 Å². The third kappa shape index (κ3) is 4.79. The maximum absolute atomic E-state index is 14.4. The molecule has 3 aromatic heterocycles. The largest absolute Gasteiger partial charge is 0.366 e. The molecule has 0 unspecified atom stereocenters. The molecule has 4 aromatic rings. The van der Waals surface area contributed by atoms with Crippen LogP contribution in [-0.4, -0.2) is 30.8 Å². The van der Waals surface area contributed by atoms with Crippen molar-refractivity contribution in [2.24, 2.45) is 5.92 Å². The second kappa shape index (κ2) is 8.90. The van der Waals surface area contributed by atoms with Gasteiger partial charge in [0.15, 0.2) is 0 Å². The molecular formula is C24H21ClFN7O. The van der Waals surface area contributed by atoms with Crippen LogP contribution in [0.1, 0.15) is 35.2 Å². The molecule has 1 aromatic carbocycles. The Balaban J connectivity index is 1.26. The number of carbonyl (C=O) groups is 1. The second-order valence-electron chi connectivity index (χ2n) is 8.34. The molecule has 2 atom stereocenters. The topological polar surface area (TPSA) is 106 Å². The molecule has 1 aliphatic carbocycles. The summed E-state index contributed by atoms with van der Waals surface area (Å²) in [5.41, 5.74) is 1.85. The van der Waals surface area contributed by atoms with Gasteiger partial charge in [0, 0.05) is 47.9 Å². The summed E-state index contributed by atoms with van der Waals surface area (Å²) < 4.78 is 14.4. The second-order valence-corrected chi connectivity index (χ2v) is 8.77. The highest BCUT2D eigenvalue weighted by atomic mass is 35.5. The number of halogens is 2. The van der Waals surface area contributed by atoms with Gasteiger partial charge in [0.25, 0.3) is 0 Å². The van der Waals surface area contributed by atoms with E-state index in [0.717, 1.165) is 5.69 Å². The molecule has 0 saturated heterocycles. The van der Waals surface area contributed by atoms with E-state index in [-0.39, 0.29) is 23.3 Å². The van der Waals surface area contributed by atoms with Gasteiger partial charge in [0.05, 0.1) is 5.02 Å². The molecule has 0 aliphatic heterocycles. The smallest absolute Gasteiger partial charge is 0.229 e. The highest BCUT2D eigenvalue weighted by Crippen LogP contribution is 2.46. The molecule has 0 bridgehead atoms. The van der Waals surface area contributed by atoms with Crippen molar-refractivity contribution in [2.75, 3.05) is 10.6 Å². The third-order valence-corrected chi connectivity index (χ3v) is 5.80. The SMILES string of the molecule is Cc1ccnc([C@H]2C[C@@H]2C(=O)Nc2cc(NCc3cc(F)c4ncc(Cl)cc4c3)nc(C)n2)n1. The van der Waals surface area contributed by atoms with E-state index >= 15 is 0 Å². The lowest BCUT2D eigenvalue weighted by molar-refractivity contribution is -0.117. The Kier molecular flexibility index (Phi) is 5.79. The molecule has 1 aliphatic rings. The average Bonchev–Trinajstić information content (AvgIpc) is 3.58. The Labute approximate surface area is 200 Å². The first-order chi connectivity index (χ1) is 16.4. The summed E-state index contributed by atoms with van der Waals surface area (Å²) in [5.74, 6) is 1.39. The van der Waals surface area contributed by atoms with Crippen molar-refractivity contribution in [3.8, 4) is 0 Å². The van der Waals surface area contributed by atoms with Crippen LogP contribution in [0, 0.1) is 25.6 Å². The Hall–Kier alpha value is -3.72. The zero-order valence-electron chi connectivity index (χ0n) is 18.5. The number of hydrogen-bond donors (Lipinski definition) is 2. The summed E-state index contributed by atoms with van der Waals surface area (Å²) in [6.07, 6.45) is 3.84. The van der Waals surface area contributed by atoms with E-state index in [9.17, 15) is 9.18 Å². The maximum atomic E-state index is 14.4. The Morgan fingerprint density at radius 3 is 2.76 bits per heavy atom. The first-order valence-corrected chi connectivity index (χ1v) is 11.2. The third-order valence-electron chi connectivity index (χ3n) is 5.60. The first-order valence-electron chi connectivity index (χ1n) is 10.8. The van der Waals surface area contributed by atoms with Crippen LogP contribution in [0.3, 0.4) is 0 Å². The van der Waals surface area contributed by atoms with Crippen LogP contribution in [0.2, 0.25) is 5.02 Å². The minimum atomic E-state index is -0.422. The molecule has 0 spiro atoms. The van der Waals surface area contributed by atoms with E-state index in [4.69, 9.17) is 11.6 Å². The van der Waals surface area contributed by atoms with E-state index in [1.54, 1.807) is 25.3 Å². The van der Waals surface area contributed by atoms with Crippen molar-refractivity contribution < 1.29 is 9.18 Å². The van der Waals surface area contributed by atoms with E-state index in [1.165, 1.54) is 12.3 Å². The van der Waals surface area contributed by atoms with Crippen LogP contribution in [-0.2, 0) is 11.3 Å². The number of aryl methyl sites for hydroxylation is 2. The van der Waals surface area contributed by atoms with Gasteiger partial charge in [-0.15, -0.1) is 0 Å². The van der Waals surface area contributed by atoms with Gasteiger partial charge in [0.2, 0.25) is 5.91 Å². The number of anilines is 2. The molecule has 10 heteroatoms. The summed E-state index contributed by atoms with van der Waals surface area (Å²) in [5, 5.41) is 7.09. The van der Waals surface area contributed by atoms with Crippen LogP contribution < -0.4 is 10.6 Å². The number of hydrogen-bond acceptors (Lipinski definition) is 7. The van der Waals surface area contributed by atoms with Gasteiger partial charge in [-0.05, 0) is 50.1 Å². The van der Waals surface area contributed by atoms with Crippen molar-refractivity contribution in [3.63, 3.8) is 0 Å². The highest BCUT2D eigenvalue weighted by molar-refractivity contribution is 6.31. The molecule has 0 radical (unpaired) electrons. The molecule has 2 N–H and O–H groups in total. The Bertz CT molecular complexity index is 1410. The lowest BCUT2D eigenvalue weighted by atomic mass is 10.1. The number of amides is 1. The summed E-state index contributed by atoms with van der Waals surface area (Å²) in [6, 6.07) is 8.40. The van der Waals surface area contributed by atoms with Crippen molar-refractivity contribution in [1.82, 2.24) is 24.9 Å². The fourth-order valence-corrected chi connectivity index (χ4v) is 4.06. The molecule has 1 amide bonds. The van der Waals surface area contributed by atoms with Gasteiger partial charge in [0.1, 0.15) is 34.6 Å². The molecule has 172 valence electrons. The van der Waals surface area contributed by atoms with Gasteiger partial charge < -0.3 is 10.6 Å². The zero-order valence-corrected chi connectivity index (χ0v) is 19.3. The first kappa shape index (κ1) is 22.1. The molecule has 34 heavy (non-hydrogen) atoms. The summed E-state index contributed by atoms with van der Waals surface area (Å²) in [7, 11) is 0. The standard InChI is InChI=1S/C24H21ClFN7O/c1-12-3-4-27-23(30-12)17-8-18(17)24(34)33-21-9-20(31-13(2)32-21)28-10-14-5-15-7-16(25)11-29-22(15)19(26)6-14/h3-7,9,11,17-18H,8,10H2,1-2H3,(H2,28,31,32,33,34)/t17-,18-/m0/s1. The summed E-state index contributed by atoms with van der Waals surface area (Å²) in [6.45, 7) is 3.96. The minimum Gasteiger partial charge on any atom is -0.366 e. The number of pyridine rings is 1. The van der Waals surface area contributed by atoms with Crippen molar-refractivity contribution in [2.45, 2.75) is 32.7 Å². The lowest BCUT2D eigenvalue weighted by Crippen LogP contribution is -2.17. The summed E-state index contributed by atoms with van der Waals surface area (Å²) in [4.78, 5) is 34.2. The number of benzene rings is 1. The Morgan fingerprint density at radius 2 is 1.94 bits per heavy atom. The number of rotatable bonds is 6. The molecule has 1 fully saturated rings. The van der Waals surface area contributed by atoms with Gasteiger partial charge >= 0.3 is 0 Å². The fraction of sp³-hybridized carbons (Fsp3) is 0.250. The van der Waals surface area contributed by atoms with Crippen molar-refractivity contribution in [1.29, 1.82) is 0 Å². The lowest BCUT2D eigenvalue weighted by Gasteiger charge is -2.11. The van der Waals surface area contributed by atoms with Gasteiger partial charge in [-0.25, -0.2) is 24.3 Å². The zero-order chi connectivity index (χ0) is 23.8. The quantitative estimate of drug-likeness (QED) is 0.418. The van der Waals surface area contributed by atoms with E-state index in [0.29, 0.717) is 52.2 Å². The van der Waals surface area contributed by atoms with Crippen LogP contribution in [0.5, 0.6) is 0 Å². The normalized spacial score (nSPS) is 16.9. The number of carbonyl (C=O) groups excluding carboxylic acids is 1. The Morgan fingerprint density at radius 1 is 1.12 bits per heavy atom. The van der Waals surface area contributed by atoms with Gasteiger partial charge in [-0.2, -0.15) is 0 Å². The molecule has 1 saturated carbocycles. The van der Waals surface area contributed by atoms with Gasteiger partial charge in [-0.3, -0.25) is 9.78 Å². The fourth-order valence-electron chi connectivity index (χ4n) is 3.89. The van der Waals surface area contributed by atoms with Gasteiger partial charge in [-0.1, -0.05) is 11.6 Å². The number of aromatic nitrogens is 5. The van der Waals surface area contributed by atoms with Crippen LogP contribution in [0.4, 0.5) is 16.0 Å². The van der Waals surface area contributed by atoms with Crippen LogP contribution >= 0.6 is 11.6 Å². The molecular weight excluding hydrogens is 457 g/mol. The number of nitrogens with zero attached hydrogens (tertiary/aromatic N) is 5. The maximum Gasteiger partial charge on any atom is 0.229 e. The predicted octanol–water partition coefficient (Wildman–Crippen LogP) is 4.58. The molecule has 5 rings (SSSR count). The van der Waals surface area contributed by atoms with Crippen LogP contribution in [0.15, 0.2) is 42.7 Å². The average molecular weight is 478 g/mol. The molecule has 8 nitrogen and oxygen atoms in total. The summed E-state index contributed by atoms with van der Waals surface area (Å²) >= 11 is 5.99.